The highest BCUT2D eigenvalue weighted by atomic mass is 32.2. The standard InChI is InChI=1S/C13H21NO3S/c1-4-14(9-11(2)3)18(16,17)13-8-6-5-7-12(13)10-15/h5-8,11,15H,4,9-10H2,1-3H3. The van der Waals surface area contributed by atoms with Crippen molar-refractivity contribution in [2.75, 3.05) is 13.1 Å². The second-order valence-corrected chi connectivity index (χ2v) is 6.52. The van der Waals surface area contributed by atoms with Gasteiger partial charge >= 0.3 is 0 Å². The molecule has 0 heterocycles. The maximum atomic E-state index is 12.5. The molecule has 0 aliphatic heterocycles. The summed E-state index contributed by atoms with van der Waals surface area (Å²) in [5.41, 5.74) is 0.444. The fraction of sp³-hybridized carbons (Fsp3) is 0.538. The second kappa shape index (κ2) is 6.31. The van der Waals surface area contributed by atoms with Gasteiger partial charge in [-0.15, -0.1) is 0 Å². The normalized spacial score (nSPS) is 12.3. The van der Waals surface area contributed by atoms with Crippen LogP contribution in [0.1, 0.15) is 26.3 Å². The monoisotopic (exact) mass is 271 g/mol. The highest BCUT2D eigenvalue weighted by Gasteiger charge is 2.25. The molecule has 5 heteroatoms. The van der Waals surface area contributed by atoms with E-state index in [1.807, 2.05) is 20.8 Å². The topological polar surface area (TPSA) is 57.6 Å². The van der Waals surface area contributed by atoms with Gasteiger partial charge in [0.1, 0.15) is 0 Å². The van der Waals surface area contributed by atoms with Crippen LogP contribution in [0.4, 0.5) is 0 Å². The average Bonchev–Trinajstić information content (AvgIpc) is 2.35. The molecule has 0 spiro atoms. The van der Waals surface area contributed by atoms with Crippen LogP contribution >= 0.6 is 0 Å². The Kier molecular flexibility index (Phi) is 5.31. The van der Waals surface area contributed by atoms with Crippen LogP contribution in [0.15, 0.2) is 29.2 Å². The van der Waals surface area contributed by atoms with Gasteiger partial charge in [0.15, 0.2) is 0 Å². The summed E-state index contributed by atoms with van der Waals surface area (Å²) >= 11 is 0. The third kappa shape index (κ3) is 3.31. The summed E-state index contributed by atoms with van der Waals surface area (Å²) in [4.78, 5) is 0.204. The Labute approximate surface area is 109 Å². The van der Waals surface area contributed by atoms with E-state index in [4.69, 9.17) is 0 Å². The molecule has 0 radical (unpaired) electrons. The van der Waals surface area contributed by atoms with Gasteiger partial charge in [-0.2, -0.15) is 4.31 Å². The predicted octanol–water partition coefficient (Wildman–Crippen LogP) is 1.85. The summed E-state index contributed by atoms with van der Waals surface area (Å²) in [5, 5.41) is 9.24. The number of hydrogen-bond acceptors (Lipinski definition) is 3. The van der Waals surface area contributed by atoms with E-state index >= 15 is 0 Å². The SMILES string of the molecule is CCN(CC(C)C)S(=O)(=O)c1ccccc1CO. The number of aliphatic hydroxyl groups excluding tert-OH is 1. The van der Waals surface area contributed by atoms with Crippen molar-refractivity contribution in [1.82, 2.24) is 4.31 Å². The van der Waals surface area contributed by atoms with Crippen LogP contribution in [0, 0.1) is 5.92 Å². The van der Waals surface area contributed by atoms with Crippen LogP contribution in [0.2, 0.25) is 0 Å². The summed E-state index contributed by atoms with van der Waals surface area (Å²) in [6.07, 6.45) is 0. The molecule has 102 valence electrons. The molecule has 0 saturated carbocycles. The summed E-state index contributed by atoms with van der Waals surface area (Å²) in [5.74, 6) is 0.265. The van der Waals surface area contributed by atoms with E-state index in [1.165, 1.54) is 4.31 Å². The molecule has 0 saturated heterocycles. The molecule has 0 aliphatic carbocycles. The van der Waals surface area contributed by atoms with Crippen molar-refractivity contribution >= 4 is 10.0 Å². The minimum Gasteiger partial charge on any atom is -0.392 e. The number of aliphatic hydroxyl groups is 1. The highest BCUT2D eigenvalue weighted by Crippen LogP contribution is 2.21. The fourth-order valence-electron chi connectivity index (χ4n) is 1.83. The van der Waals surface area contributed by atoms with Crippen LogP contribution in [0.25, 0.3) is 0 Å². The van der Waals surface area contributed by atoms with E-state index in [1.54, 1.807) is 24.3 Å². The predicted molar refractivity (Wildman–Crippen MR) is 71.6 cm³/mol. The third-order valence-corrected chi connectivity index (χ3v) is 4.72. The van der Waals surface area contributed by atoms with Crippen LogP contribution in [0.5, 0.6) is 0 Å². The molecule has 1 aromatic carbocycles. The zero-order chi connectivity index (χ0) is 13.8. The Balaban J connectivity index is 3.18. The molecule has 0 unspecified atom stereocenters. The number of nitrogens with zero attached hydrogens (tertiary/aromatic N) is 1. The van der Waals surface area contributed by atoms with Gasteiger partial charge in [-0.1, -0.05) is 39.0 Å². The first kappa shape index (κ1) is 15.1. The van der Waals surface area contributed by atoms with Gasteiger partial charge in [-0.25, -0.2) is 8.42 Å². The molecule has 0 fully saturated rings. The van der Waals surface area contributed by atoms with Gasteiger partial charge in [0.2, 0.25) is 10.0 Å². The van der Waals surface area contributed by atoms with Crippen LogP contribution in [0.3, 0.4) is 0 Å². The largest absolute Gasteiger partial charge is 0.392 e. The molecule has 0 aliphatic rings. The summed E-state index contributed by atoms with van der Waals surface area (Å²) in [6, 6.07) is 6.58. The van der Waals surface area contributed by atoms with Gasteiger partial charge in [-0.3, -0.25) is 0 Å². The minimum atomic E-state index is -3.52. The smallest absolute Gasteiger partial charge is 0.243 e. The maximum Gasteiger partial charge on any atom is 0.243 e. The molecular weight excluding hydrogens is 250 g/mol. The van der Waals surface area contributed by atoms with Gasteiger partial charge in [0.05, 0.1) is 11.5 Å². The van der Waals surface area contributed by atoms with E-state index < -0.39 is 10.0 Å². The summed E-state index contributed by atoms with van der Waals surface area (Å²) in [6.45, 7) is 6.43. The van der Waals surface area contributed by atoms with Gasteiger partial charge < -0.3 is 5.11 Å². The molecule has 0 aromatic heterocycles. The molecule has 0 amide bonds. The van der Waals surface area contributed by atoms with E-state index in [2.05, 4.69) is 0 Å². The van der Waals surface area contributed by atoms with Crippen LogP contribution in [-0.4, -0.2) is 30.9 Å². The number of benzene rings is 1. The zero-order valence-corrected chi connectivity index (χ0v) is 11.9. The molecule has 0 atom stereocenters. The molecule has 4 nitrogen and oxygen atoms in total. The molecule has 1 rings (SSSR count). The van der Waals surface area contributed by atoms with Crippen LogP contribution < -0.4 is 0 Å². The van der Waals surface area contributed by atoms with E-state index in [9.17, 15) is 13.5 Å². The van der Waals surface area contributed by atoms with Gasteiger partial charge in [0, 0.05) is 13.1 Å². The van der Waals surface area contributed by atoms with Crippen molar-refractivity contribution in [3.63, 3.8) is 0 Å². The third-order valence-electron chi connectivity index (χ3n) is 2.68. The van der Waals surface area contributed by atoms with Crippen molar-refractivity contribution in [3.05, 3.63) is 29.8 Å². The minimum absolute atomic E-state index is 0.204. The Bertz CT molecular complexity index is 483. The Morgan fingerprint density at radius 2 is 1.89 bits per heavy atom. The Hall–Kier alpha value is -0.910. The average molecular weight is 271 g/mol. The van der Waals surface area contributed by atoms with Crippen molar-refractivity contribution in [1.29, 1.82) is 0 Å². The van der Waals surface area contributed by atoms with Gasteiger partial charge in [-0.05, 0) is 17.5 Å². The molecule has 1 N–H and O–H groups in total. The lowest BCUT2D eigenvalue weighted by atomic mass is 10.2. The molecule has 0 bridgehead atoms. The Morgan fingerprint density at radius 1 is 1.28 bits per heavy atom. The van der Waals surface area contributed by atoms with E-state index in [0.29, 0.717) is 18.7 Å². The fourth-order valence-corrected chi connectivity index (χ4v) is 3.66. The van der Waals surface area contributed by atoms with Crippen molar-refractivity contribution in [2.24, 2.45) is 5.92 Å². The maximum absolute atomic E-state index is 12.5. The lowest BCUT2D eigenvalue weighted by molar-refractivity contribution is 0.278. The quantitative estimate of drug-likeness (QED) is 0.859. The molecular formula is C13H21NO3S. The van der Waals surface area contributed by atoms with E-state index in [0.717, 1.165) is 0 Å². The zero-order valence-electron chi connectivity index (χ0n) is 11.1. The first-order chi connectivity index (χ1) is 8.43. The van der Waals surface area contributed by atoms with Gasteiger partial charge in [0.25, 0.3) is 0 Å². The lowest BCUT2D eigenvalue weighted by Gasteiger charge is -2.23. The van der Waals surface area contributed by atoms with Crippen molar-refractivity contribution in [3.8, 4) is 0 Å². The first-order valence-electron chi connectivity index (χ1n) is 6.12. The number of hydrogen-bond donors (Lipinski definition) is 1. The first-order valence-corrected chi connectivity index (χ1v) is 7.56. The molecule has 18 heavy (non-hydrogen) atoms. The number of sulfonamides is 1. The second-order valence-electron chi connectivity index (χ2n) is 4.62. The summed E-state index contributed by atoms with van der Waals surface area (Å²) < 4.78 is 26.4. The van der Waals surface area contributed by atoms with Crippen molar-refractivity contribution in [2.45, 2.75) is 32.3 Å². The van der Waals surface area contributed by atoms with Crippen molar-refractivity contribution < 1.29 is 13.5 Å². The van der Waals surface area contributed by atoms with Crippen LogP contribution in [-0.2, 0) is 16.6 Å². The Morgan fingerprint density at radius 3 is 2.39 bits per heavy atom. The highest BCUT2D eigenvalue weighted by molar-refractivity contribution is 7.89. The number of rotatable bonds is 6. The lowest BCUT2D eigenvalue weighted by Crippen LogP contribution is -2.34. The van der Waals surface area contributed by atoms with E-state index in [-0.39, 0.29) is 17.4 Å². The summed E-state index contributed by atoms with van der Waals surface area (Å²) in [7, 11) is -3.52. The molecule has 1 aromatic rings.